The van der Waals surface area contributed by atoms with Crippen LogP contribution in [0.3, 0.4) is 0 Å². The number of amides is 1. The zero-order valence-electron chi connectivity index (χ0n) is 19.7. The molecule has 33 heavy (non-hydrogen) atoms. The molecule has 1 amide bonds. The Morgan fingerprint density at radius 3 is 2.39 bits per heavy atom. The van der Waals surface area contributed by atoms with E-state index in [4.69, 9.17) is 23.7 Å². The van der Waals surface area contributed by atoms with Crippen LogP contribution in [0.5, 0.6) is 0 Å². The summed E-state index contributed by atoms with van der Waals surface area (Å²) < 4.78 is 28.7. The van der Waals surface area contributed by atoms with Gasteiger partial charge >= 0.3 is 12.1 Å². The van der Waals surface area contributed by atoms with Crippen LogP contribution in [-0.2, 0) is 35.1 Å². The summed E-state index contributed by atoms with van der Waals surface area (Å²) in [5.41, 5.74) is 2.51. The average Bonchev–Trinajstić information content (AvgIpc) is 2.84. The van der Waals surface area contributed by atoms with E-state index in [-0.39, 0.29) is 19.8 Å². The Kier molecular flexibility index (Phi) is 11.1. The molecule has 0 bridgehead atoms. The van der Waals surface area contributed by atoms with Crippen molar-refractivity contribution in [3.8, 4) is 0 Å². The summed E-state index contributed by atoms with van der Waals surface area (Å²) in [6, 6.07) is 8.23. The van der Waals surface area contributed by atoms with Crippen LogP contribution in [0.1, 0.15) is 32.8 Å². The van der Waals surface area contributed by atoms with E-state index in [1.54, 1.807) is 0 Å². The average molecular weight is 462 g/mol. The van der Waals surface area contributed by atoms with E-state index in [0.29, 0.717) is 19.6 Å². The molecular formula is C25H35NO7. The first kappa shape index (κ1) is 26.6. The first-order valence-electron chi connectivity index (χ1n) is 11.1. The number of cyclic esters (lactones) is 1. The lowest BCUT2D eigenvalue weighted by Gasteiger charge is -2.32. The molecule has 1 heterocycles. The van der Waals surface area contributed by atoms with Crippen LogP contribution in [-0.4, -0.2) is 62.8 Å². The van der Waals surface area contributed by atoms with E-state index in [1.807, 2.05) is 51.1 Å². The van der Waals surface area contributed by atoms with Crippen LogP contribution in [0.2, 0.25) is 0 Å². The molecule has 0 unspecified atom stereocenters. The van der Waals surface area contributed by atoms with E-state index in [0.717, 1.165) is 16.7 Å². The van der Waals surface area contributed by atoms with Crippen molar-refractivity contribution >= 4 is 12.1 Å². The summed E-state index contributed by atoms with van der Waals surface area (Å²) in [5, 5.41) is 2.54. The number of benzene rings is 1. The Balaban J connectivity index is 2.07. The third kappa shape index (κ3) is 9.37. The maximum atomic E-state index is 12.9. The number of hydrogen-bond acceptors (Lipinski definition) is 7. The van der Waals surface area contributed by atoms with Crippen LogP contribution in [0.4, 0.5) is 4.79 Å². The Morgan fingerprint density at radius 2 is 1.76 bits per heavy atom. The van der Waals surface area contributed by atoms with E-state index in [1.165, 1.54) is 0 Å². The lowest BCUT2D eigenvalue weighted by Crippen LogP contribution is -2.47. The molecule has 1 saturated heterocycles. The highest BCUT2D eigenvalue weighted by atomic mass is 16.6. The van der Waals surface area contributed by atoms with Gasteiger partial charge in [-0.05, 0) is 25.8 Å². The first-order chi connectivity index (χ1) is 15.8. The molecule has 1 aromatic carbocycles. The number of hydrogen-bond donors (Lipinski definition) is 1. The van der Waals surface area contributed by atoms with Gasteiger partial charge in [0, 0.05) is 0 Å². The molecule has 0 saturated carbocycles. The molecule has 182 valence electrons. The molecule has 0 aliphatic carbocycles. The molecule has 8 heteroatoms. The summed E-state index contributed by atoms with van der Waals surface area (Å²) in [6.45, 7) is 14.1. The van der Waals surface area contributed by atoms with Gasteiger partial charge < -0.3 is 29.0 Å². The molecule has 0 radical (unpaired) electrons. The van der Waals surface area contributed by atoms with Gasteiger partial charge in [-0.3, -0.25) is 0 Å². The highest BCUT2D eigenvalue weighted by Crippen LogP contribution is 2.20. The van der Waals surface area contributed by atoms with Gasteiger partial charge in [0.1, 0.15) is 24.9 Å². The monoisotopic (exact) mass is 461 g/mol. The Morgan fingerprint density at radius 1 is 1.09 bits per heavy atom. The molecule has 0 aromatic heterocycles. The van der Waals surface area contributed by atoms with Crippen LogP contribution < -0.4 is 5.32 Å². The summed E-state index contributed by atoms with van der Waals surface area (Å²) in [4.78, 5) is 25.1. The maximum Gasteiger partial charge on any atom is 0.408 e. The molecule has 1 aliphatic rings. The Labute approximate surface area is 195 Å². The number of alkyl carbamates (subject to hydrolysis) is 1. The lowest BCUT2D eigenvalue weighted by atomic mass is 10.1. The molecule has 0 spiro atoms. The molecule has 4 atom stereocenters. The third-order valence-electron chi connectivity index (χ3n) is 4.82. The van der Waals surface area contributed by atoms with Gasteiger partial charge in [0.05, 0.1) is 26.4 Å². The molecule has 1 N–H and O–H groups in total. The number of carbonyl (C=O) groups excluding carboxylic acids is 2. The largest absolute Gasteiger partial charge is 0.458 e. The smallest absolute Gasteiger partial charge is 0.408 e. The second kappa shape index (κ2) is 13.8. The summed E-state index contributed by atoms with van der Waals surface area (Å²) >= 11 is 0. The third-order valence-corrected chi connectivity index (χ3v) is 4.82. The fourth-order valence-corrected chi connectivity index (χ4v) is 3.17. The fraction of sp³-hybridized carbons (Fsp3) is 0.520. The summed E-state index contributed by atoms with van der Waals surface area (Å²) in [6.07, 6.45) is -1.91. The number of nitrogens with one attached hydrogen (secondary N) is 1. The lowest BCUT2D eigenvalue weighted by molar-refractivity contribution is -0.168. The van der Waals surface area contributed by atoms with Gasteiger partial charge in [-0.25, -0.2) is 9.59 Å². The van der Waals surface area contributed by atoms with E-state index < -0.39 is 36.4 Å². The van der Waals surface area contributed by atoms with Crippen molar-refractivity contribution in [2.45, 2.75) is 58.2 Å². The van der Waals surface area contributed by atoms with Crippen molar-refractivity contribution in [3.63, 3.8) is 0 Å². The molecule has 1 fully saturated rings. The van der Waals surface area contributed by atoms with Crippen molar-refractivity contribution in [2.75, 3.05) is 26.4 Å². The Bertz CT molecular complexity index is 795. The number of carbonyl (C=O) groups is 2. The zero-order valence-corrected chi connectivity index (χ0v) is 19.7. The molecule has 1 aliphatic heterocycles. The number of rotatable bonds is 10. The quantitative estimate of drug-likeness (QED) is 0.421. The standard InChI is InChI=1S/C25H35NO7/c1-6-21-23(31-13-18(4)5)22(30-12-17(2)3)16-29-15-20(24(27)33-21)26-25(28)32-14-19-10-8-7-9-11-19/h7-11,20-23H,2,4,6,12-16H2,1,3,5H3,(H,26,28)/t20-,21+,22-,23-/m0/s1. The van der Waals surface area contributed by atoms with Crippen molar-refractivity contribution in [1.29, 1.82) is 0 Å². The van der Waals surface area contributed by atoms with Crippen molar-refractivity contribution in [1.82, 2.24) is 5.32 Å². The fourth-order valence-electron chi connectivity index (χ4n) is 3.17. The topological polar surface area (TPSA) is 92.3 Å². The summed E-state index contributed by atoms with van der Waals surface area (Å²) in [7, 11) is 0. The van der Waals surface area contributed by atoms with Gasteiger partial charge in [0.2, 0.25) is 0 Å². The van der Waals surface area contributed by atoms with E-state index in [2.05, 4.69) is 18.5 Å². The van der Waals surface area contributed by atoms with Gasteiger partial charge in [-0.1, -0.05) is 61.6 Å². The minimum Gasteiger partial charge on any atom is -0.458 e. The van der Waals surface area contributed by atoms with Gasteiger partial charge in [0.25, 0.3) is 0 Å². The highest BCUT2D eigenvalue weighted by Gasteiger charge is 2.37. The normalized spacial score (nSPS) is 23.4. The van der Waals surface area contributed by atoms with Crippen LogP contribution in [0, 0.1) is 0 Å². The predicted molar refractivity (Wildman–Crippen MR) is 124 cm³/mol. The van der Waals surface area contributed by atoms with Crippen molar-refractivity contribution in [3.05, 3.63) is 60.2 Å². The second-order valence-corrected chi connectivity index (χ2v) is 8.22. The number of esters is 1. The second-order valence-electron chi connectivity index (χ2n) is 8.22. The van der Waals surface area contributed by atoms with Gasteiger partial charge in [-0.15, -0.1) is 0 Å². The highest BCUT2D eigenvalue weighted by molar-refractivity contribution is 5.81. The maximum absolute atomic E-state index is 12.9. The van der Waals surface area contributed by atoms with Crippen molar-refractivity contribution < 1.29 is 33.3 Å². The molecule has 8 nitrogen and oxygen atoms in total. The van der Waals surface area contributed by atoms with Gasteiger partial charge in [-0.2, -0.15) is 0 Å². The van der Waals surface area contributed by atoms with E-state index >= 15 is 0 Å². The van der Waals surface area contributed by atoms with Crippen LogP contribution in [0.15, 0.2) is 54.6 Å². The number of ether oxygens (including phenoxy) is 5. The SMILES string of the molecule is C=C(C)CO[C@@H]1[C@@H](OCC(=C)C)COC[C@H](NC(=O)OCc2ccccc2)C(=O)O[C@@H]1CC. The molecular weight excluding hydrogens is 426 g/mol. The Hall–Kier alpha value is -2.68. The first-order valence-corrected chi connectivity index (χ1v) is 11.1. The predicted octanol–water partition coefficient (Wildman–Crippen LogP) is 3.56. The van der Waals surface area contributed by atoms with Crippen molar-refractivity contribution in [2.24, 2.45) is 0 Å². The minimum absolute atomic E-state index is 0.0838. The molecule has 2 rings (SSSR count). The molecule has 1 aromatic rings. The van der Waals surface area contributed by atoms with Crippen LogP contribution in [0.25, 0.3) is 0 Å². The summed E-state index contributed by atoms with van der Waals surface area (Å²) in [5.74, 6) is -0.622. The van der Waals surface area contributed by atoms with Gasteiger partial charge in [0.15, 0.2) is 6.04 Å². The zero-order chi connectivity index (χ0) is 24.2. The van der Waals surface area contributed by atoms with Crippen LogP contribution >= 0.6 is 0 Å². The van der Waals surface area contributed by atoms with E-state index in [9.17, 15) is 9.59 Å². The minimum atomic E-state index is -1.02.